The maximum atomic E-state index is 5.29. The summed E-state index contributed by atoms with van der Waals surface area (Å²) >= 11 is 6.53. The van der Waals surface area contributed by atoms with E-state index in [2.05, 4.69) is 15.2 Å². The van der Waals surface area contributed by atoms with E-state index in [0.717, 1.165) is 21.8 Å². The minimum Gasteiger partial charge on any atom is -0.409 e. The highest BCUT2D eigenvalue weighted by Gasteiger charge is 2.10. The molecule has 0 atom stereocenters. The molecule has 90 valence electrons. The second-order valence-electron chi connectivity index (χ2n) is 3.73. The number of thiophene rings is 1. The maximum Gasteiger partial charge on any atom is 0.284 e. The van der Waals surface area contributed by atoms with Crippen LogP contribution in [0, 0.1) is 11.8 Å². The number of aromatic nitrogens is 3. The van der Waals surface area contributed by atoms with Gasteiger partial charge in [0.05, 0.1) is 21.8 Å². The molecule has 18 heavy (non-hydrogen) atoms. The minimum absolute atomic E-state index is 0.270. The molecule has 0 aliphatic carbocycles. The number of hydrogen-bond donors (Lipinski definition) is 1. The Hall–Kier alpha value is -1.79. The van der Waals surface area contributed by atoms with Crippen LogP contribution in [-0.2, 0) is 0 Å². The van der Waals surface area contributed by atoms with E-state index in [9.17, 15) is 0 Å². The van der Waals surface area contributed by atoms with Gasteiger partial charge in [-0.05, 0) is 42.7 Å². The Morgan fingerprint density at radius 2 is 2.22 bits per heavy atom. The van der Waals surface area contributed by atoms with Gasteiger partial charge in [0.2, 0.25) is 5.89 Å². The van der Waals surface area contributed by atoms with Gasteiger partial charge in [0.25, 0.3) is 4.84 Å². The van der Waals surface area contributed by atoms with Gasteiger partial charge in [-0.15, -0.1) is 16.4 Å². The molecule has 4 nitrogen and oxygen atoms in total. The van der Waals surface area contributed by atoms with Gasteiger partial charge in [-0.3, -0.25) is 4.98 Å². The zero-order chi connectivity index (χ0) is 12.5. The predicted octanol–water partition coefficient (Wildman–Crippen LogP) is 3.83. The summed E-state index contributed by atoms with van der Waals surface area (Å²) < 4.78 is 5.29. The maximum absolute atomic E-state index is 5.29. The summed E-state index contributed by atoms with van der Waals surface area (Å²) in [6.07, 6.45) is 0. The Kier molecular flexibility index (Phi) is 2.81. The van der Waals surface area contributed by atoms with Crippen LogP contribution in [-0.4, -0.2) is 15.2 Å². The summed E-state index contributed by atoms with van der Waals surface area (Å²) in [4.78, 5) is 5.98. The molecule has 0 spiro atoms. The van der Waals surface area contributed by atoms with Crippen molar-refractivity contribution in [3.05, 3.63) is 40.2 Å². The lowest BCUT2D eigenvalue weighted by Gasteiger charge is -2.02. The normalized spacial score (nSPS) is 10.7. The third-order valence-corrected chi connectivity index (χ3v) is 3.59. The van der Waals surface area contributed by atoms with Crippen molar-refractivity contribution < 1.29 is 4.42 Å². The van der Waals surface area contributed by atoms with Gasteiger partial charge in [-0.1, -0.05) is 6.07 Å². The van der Waals surface area contributed by atoms with Crippen LogP contribution in [0.2, 0.25) is 0 Å². The number of hydrogen-bond acceptors (Lipinski definition) is 5. The fourth-order valence-corrected chi connectivity index (χ4v) is 2.51. The summed E-state index contributed by atoms with van der Waals surface area (Å²) in [5.41, 5.74) is 2.68. The van der Waals surface area contributed by atoms with E-state index in [1.807, 2.05) is 36.6 Å². The van der Waals surface area contributed by atoms with Gasteiger partial charge in [-0.2, -0.15) is 0 Å². The van der Waals surface area contributed by atoms with Crippen molar-refractivity contribution in [1.82, 2.24) is 15.2 Å². The lowest BCUT2D eigenvalue weighted by Crippen LogP contribution is -1.90. The lowest BCUT2D eigenvalue weighted by atomic mass is 10.1. The first-order valence-corrected chi connectivity index (χ1v) is 6.60. The number of aryl methyl sites for hydroxylation is 1. The Balaban J connectivity index is 2.07. The first-order valence-electron chi connectivity index (χ1n) is 5.31. The van der Waals surface area contributed by atoms with Crippen LogP contribution in [0.3, 0.4) is 0 Å². The molecule has 0 unspecified atom stereocenters. The lowest BCUT2D eigenvalue weighted by molar-refractivity contribution is 0.551. The molecule has 3 aromatic rings. The molecule has 0 bridgehead atoms. The van der Waals surface area contributed by atoms with Crippen LogP contribution >= 0.6 is 23.6 Å². The van der Waals surface area contributed by atoms with E-state index >= 15 is 0 Å². The molecule has 0 aliphatic rings. The first kappa shape index (κ1) is 11.3. The molecule has 3 rings (SSSR count). The van der Waals surface area contributed by atoms with Crippen molar-refractivity contribution in [3.8, 4) is 22.0 Å². The van der Waals surface area contributed by atoms with E-state index in [1.54, 1.807) is 11.3 Å². The standard InChI is InChI=1S/C12H9N3OS2/c1-7-8(11-14-15-12(17)16-11)4-5-9(13-7)10-3-2-6-18-10/h2-6H,1H3,(H,15,17). The predicted molar refractivity (Wildman–Crippen MR) is 73.0 cm³/mol. The summed E-state index contributed by atoms with van der Waals surface area (Å²) in [5.74, 6) is 0.475. The number of H-pyrrole nitrogens is 1. The SMILES string of the molecule is Cc1nc(-c2cccs2)ccc1-c1n[nH]c(=S)o1. The molecular formula is C12H9N3OS2. The van der Waals surface area contributed by atoms with Crippen molar-refractivity contribution in [2.45, 2.75) is 6.92 Å². The third kappa shape index (κ3) is 2.00. The van der Waals surface area contributed by atoms with Crippen molar-refractivity contribution in [2.75, 3.05) is 0 Å². The summed E-state index contributed by atoms with van der Waals surface area (Å²) in [7, 11) is 0. The minimum atomic E-state index is 0.270. The van der Waals surface area contributed by atoms with E-state index < -0.39 is 0 Å². The van der Waals surface area contributed by atoms with E-state index in [-0.39, 0.29) is 4.84 Å². The molecule has 6 heteroatoms. The van der Waals surface area contributed by atoms with E-state index in [4.69, 9.17) is 16.6 Å². The van der Waals surface area contributed by atoms with Gasteiger partial charge in [-0.25, -0.2) is 5.10 Å². The van der Waals surface area contributed by atoms with Crippen LogP contribution in [0.25, 0.3) is 22.0 Å². The van der Waals surface area contributed by atoms with E-state index in [0.29, 0.717) is 5.89 Å². The topological polar surface area (TPSA) is 54.7 Å². The van der Waals surface area contributed by atoms with Crippen LogP contribution < -0.4 is 0 Å². The van der Waals surface area contributed by atoms with Crippen LogP contribution in [0.15, 0.2) is 34.1 Å². The van der Waals surface area contributed by atoms with Crippen LogP contribution in [0.1, 0.15) is 5.69 Å². The molecule has 0 aliphatic heterocycles. The molecule has 3 aromatic heterocycles. The van der Waals surface area contributed by atoms with E-state index in [1.165, 1.54) is 0 Å². The fourth-order valence-electron chi connectivity index (χ4n) is 1.69. The quantitative estimate of drug-likeness (QED) is 0.722. The molecule has 0 amide bonds. The summed E-state index contributed by atoms with van der Waals surface area (Å²) in [6, 6.07) is 7.97. The van der Waals surface area contributed by atoms with Crippen LogP contribution in [0.4, 0.5) is 0 Å². The molecule has 0 radical (unpaired) electrons. The Bertz CT molecular complexity index is 728. The van der Waals surface area contributed by atoms with Gasteiger partial charge < -0.3 is 4.42 Å². The first-order chi connectivity index (χ1) is 8.74. The molecule has 0 saturated carbocycles. The molecule has 1 N–H and O–H groups in total. The molecule has 0 fully saturated rings. The highest BCUT2D eigenvalue weighted by atomic mass is 32.1. The third-order valence-electron chi connectivity index (χ3n) is 2.53. The second kappa shape index (κ2) is 4.47. The average Bonchev–Trinajstić information content (AvgIpc) is 2.99. The molecule has 3 heterocycles. The monoisotopic (exact) mass is 275 g/mol. The van der Waals surface area contributed by atoms with Crippen molar-refractivity contribution in [3.63, 3.8) is 0 Å². The Labute approximate surface area is 112 Å². The highest BCUT2D eigenvalue weighted by molar-refractivity contribution is 7.71. The number of rotatable bonds is 2. The second-order valence-corrected chi connectivity index (χ2v) is 5.04. The van der Waals surface area contributed by atoms with Gasteiger partial charge >= 0.3 is 0 Å². The van der Waals surface area contributed by atoms with Crippen LogP contribution in [0.5, 0.6) is 0 Å². The van der Waals surface area contributed by atoms with Gasteiger partial charge in [0.1, 0.15) is 0 Å². The Morgan fingerprint density at radius 1 is 1.33 bits per heavy atom. The molecular weight excluding hydrogens is 266 g/mol. The van der Waals surface area contributed by atoms with Crippen molar-refractivity contribution in [2.24, 2.45) is 0 Å². The van der Waals surface area contributed by atoms with Crippen molar-refractivity contribution in [1.29, 1.82) is 0 Å². The number of aromatic amines is 1. The highest BCUT2D eigenvalue weighted by Crippen LogP contribution is 2.27. The van der Waals surface area contributed by atoms with Gasteiger partial charge in [0, 0.05) is 0 Å². The smallest absolute Gasteiger partial charge is 0.284 e. The number of nitrogens with zero attached hydrogens (tertiary/aromatic N) is 2. The fraction of sp³-hybridized carbons (Fsp3) is 0.0833. The number of nitrogens with one attached hydrogen (secondary N) is 1. The Morgan fingerprint density at radius 3 is 2.83 bits per heavy atom. The average molecular weight is 275 g/mol. The summed E-state index contributed by atoms with van der Waals surface area (Å²) in [5, 5.41) is 8.65. The number of pyridine rings is 1. The molecule has 0 saturated heterocycles. The zero-order valence-corrected chi connectivity index (χ0v) is 11.1. The van der Waals surface area contributed by atoms with Crippen molar-refractivity contribution >= 4 is 23.6 Å². The van der Waals surface area contributed by atoms with Gasteiger partial charge in [0.15, 0.2) is 0 Å². The largest absolute Gasteiger partial charge is 0.409 e. The summed E-state index contributed by atoms with van der Waals surface area (Å²) in [6.45, 7) is 1.93. The molecule has 0 aromatic carbocycles. The zero-order valence-electron chi connectivity index (χ0n) is 9.51.